The smallest absolute Gasteiger partial charge is 0.259 e. The number of aryl methyl sites for hydroxylation is 2. The predicted octanol–water partition coefficient (Wildman–Crippen LogP) is 5.35. The highest BCUT2D eigenvalue weighted by Crippen LogP contribution is 2.24. The first kappa shape index (κ1) is 17.0. The molecule has 126 valence electrons. The number of pyridine rings is 1. The molecule has 0 aliphatic carbocycles. The lowest BCUT2D eigenvalue weighted by Crippen LogP contribution is -2.16. The maximum Gasteiger partial charge on any atom is 0.259 e. The maximum atomic E-state index is 12.8. The van der Waals surface area contributed by atoms with E-state index in [-0.39, 0.29) is 5.91 Å². The van der Waals surface area contributed by atoms with Crippen LogP contribution in [0.2, 0.25) is 5.02 Å². The monoisotopic (exact) mass is 351 g/mol. The molecule has 0 aliphatic rings. The highest BCUT2D eigenvalue weighted by atomic mass is 35.5. The molecule has 5 heteroatoms. The quantitative estimate of drug-likeness (QED) is 0.666. The zero-order chi connectivity index (χ0) is 17.8. The second kappa shape index (κ2) is 7.36. The van der Waals surface area contributed by atoms with Crippen molar-refractivity contribution < 1.29 is 4.79 Å². The Morgan fingerprint density at radius 2 is 1.72 bits per heavy atom. The number of anilines is 3. The van der Waals surface area contributed by atoms with Gasteiger partial charge in [-0.25, -0.2) is 4.98 Å². The molecular formula is C20H18ClN3O. The predicted molar refractivity (Wildman–Crippen MR) is 103 cm³/mol. The summed E-state index contributed by atoms with van der Waals surface area (Å²) in [6.45, 7) is 3.94. The molecule has 0 bridgehead atoms. The molecule has 25 heavy (non-hydrogen) atoms. The minimum atomic E-state index is -0.213. The van der Waals surface area contributed by atoms with Crippen molar-refractivity contribution in [2.45, 2.75) is 13.8 Å². The molecule has 1 amide bonds. The summed E-state index contributed by atoms with van der Waals surface area (Å²) >= 11 is 6.02. The van der Waals surface area contributed by atoms with Crippen LogP contribution in [0.25, 0.3) is 0 Å². The Balaban J connectivity index is 1.89. The van der Waals surface area contributed by atoms with E-state index in [1.165, 1.54) is 0 Å². The van der Waals surface area contributed by atoms with E-state index in [9.17, 15) is 4.79 Å². The summed E-state index contributed by atoms with van der Waals surface area (Å²) in [5.74, 6) is 0.267. The van der Waals surface area contributed by atoms with E-state index in [0.29, 0.717) is 16.4 Å². The fourth-order valence-corrected chi connectivity index (χ4v) is 2.77. The molecule has 0 radical (unpaired) electrons. The molecule has 0 saturated heterocycles. The zero-order valence-corrected chi connectivity index (χ0v) is 14.8. The molecule has 2 N–H and O–H groups in total. The van der Waals surface area contributed by atoms with Crippen LogP contribution >= 0.6 is 11.6 Å². The van der Waals surface area contributed by atoms with Gasteiger partial charge in [-0.2, -0.15) is 0 Å². The second-order valence-corrected chi connectivity index (χ2v) is 6.19. The summed E-state index contributed by atoms with van der Waals surface area (Å²) in [7, 11) is 0. The van der Waals surface area contributed by atoms with Crippen molar-refractivity contribution >= 4 is 34.7 Å². The first-order chi connectivity index (χ1) is 12.0. The number of para-hydroxylation sites is 1. The number of carbonyl (C=O) groups excluding carboxylic acids is 1. The van der Waals surface area contributed by atoms with Crippen LogP contribution in [0, 0.1) is 13.8 Å². The third-order valence-electron chi connectivity index (χ3n) is 3.86. The highest BCUT2D eigenvalue weighted by Gasteiger charge is 2.14. The van der Waals surface area contributed by atoms with E-state index in [2.05, 4.69) is 15.6 Å². The summed E-state index contributed by atoms with van der Waals surface area (Å²) in [4.78, 5) is 17.1. The molecule has 0 spiro atoms. The number of aromatic nitrogens is 1. The number of hydrogen-bond acceptors (Lipinski definition) is 3. The maximum absolute atomic E-state index is 12.8. The topological polar surface area (TPSA) is 54.0 Å². The van der Waals surface area contributed by atoms with Crippen LogP contribution in [0.4, 0.5) is 17.2 Å². The van der Waals surface area contributed by atoms with Gasteiger partial charge in [0.2, 0.25) is 0 Å². The number of rotatable bonds is 4. The molecule has 0 atom stereocenters. The third-order valence-corrected chi connectivity index (χ3v) is 4.09. The zero-order valence-electron chi connectivity index (χ0n) is 14.0. The number of hydrogen-bond donors (Lipinski definition) is 2. The molecule has 0 unspecified atom stereocenters. The van der Waals surface area contributed by atoms with E-state index in [4.69, 9.17) is 11.6 Å². The molecular weight excluding hydrogens is 334 g/mol. The first-order valence-electron chi connectivity index (χ1n) is 7.90. The van der Waals surface area contributed by atoms with Gasteiger partial charge < -0.3 is 10.6 Å². The van der Waals surface area contributed by atoms with Crippen molar-refractivity contribution in [1.29, 1.82) is 0 Å². The van der Waals surface area contributed by atoms with Crippen LogP contribution in [0.3, 0.4) is 0 Å². The van der Waals surface area contributed by atoms with Crippen LogP contribution < -0.4 is 10.6 Å². The number of halogens is 1. The van der Waals surface area contributed by atoms with E-state index in [0.717, 1.165) is 22.5 Å². The second-order valence-electron chi connectivity index (χ2n) is 5.76. The molecule has 3 aromatic rings. The van der Waals surface area contributed by atoms with Gasteiger partial charge in [-0.1, -0.05) is 35.9 Å². The Morgan fingerprint density at radius 1 is 1.00 bits per heavy atom. The number of amides is 1. The lowest BCUT2D eigenvalue weighted by molar-refractivity contribution is 0.102. The van der Waals surface area contributed by atoms with E-state index in [1.807, 2.05) is 44.2 Å². The Hall–Kier alpha value is -2.85. The average molecular weight is 352 g/mol. The van der Waals surface area contributed by atoms with Crippen LogP contribution in [0.1, 0.15) is 21.5 Å². The third kappa shape index (κ3) is 3.98. The standard InChI is InChI=1S/C20H18ClN3O/c1-13-6-3-7-14(2)18(13)24-20(25)17-10-5-11-22-19(17)23-16-9-4-8-15(21)12-16/h3-12H,1-2H3,(H,22,23)(H,24,25). The molecule has 3 rings (SSSR count). The number of carbonyl (C=O) groups is 1. The van der Waals surface area contributed by atoms with Gasteiger partial charge in [0.1, 0.15) is 5.82 Å². The van der Waals surface area contributed by atoms with Gasteiger partial charge in [-0.05, 0) is 55.3 Å². The lowest BCUT2D eigenvalue weighted by Gasteiger charge is -2.14. The van der Waals surface area contributed by atoms with Crippen LogP contribution in [-0.4, -0.2) is 10.9 Å². The fraction of sp³-hybridized carbons (Fsp3) is 0.100. The van der Waals surface area contributed by atoms with Gasteiger partial charge in [-0.3, -0.25) is 4.79 Å². The van der Waals surface area contributed by atoms with Crippen molar-refractivity contribution in [3.8, 4) is 0 Å². The van der Waals surface area contributed by atoms with Gasteiger partial charge in [0, 0.05) is 22.6 Å². The van der Waals surface area contributed by atoms with Crippen molar-refractivity contribution in [1.82, 2.24) is 4.98 Å². The van der Waals surface area contributed by atoms with Crippen LogP contribution in [0.5, 0.6) is 0 Å². The van der Waals surface area contributed by atoms with Gasteiger partial charge >= 0.3 is 0 Å². The molecule has 0 saturated carbocycles. The van der Waals surface area contributed by atoms with Crippen molar-refractivity contribution in [2.24, 2.45) is 0 Å². The Labute approximate surface area is 151 Å². The Morgan fingerprint density at radius 3 is 2.44 bits per heavy atom. The van der Waals surface area contributed by atoms with E-state index < -0.39 is 0 Å². The van der Waals surface area contributed by atoms with Crippen molar-refractivity contribution in [3.05, 3.63) is 82.5 Å². The molecule has 1 aromatic heterocycles. The average Bonchev–Trinajstić information content (AvgIpc) is 2.59. The van der Waals surface area contributed by atoms with Crippen molar-refractivity contribution in [2.75, 3.05) is 10.6 Å². The lowest BCUT2D eigenvalue weighted by atomic mass is 10.1. The fourth-order valence-electron chi connectivity index (χ4n) is 2.58. The van der Waals surface area contributed by atoms with Crippen molar-refractivity contribution in [3.63, 3.8) is 0 Å². The minimum Gasteiger partial charge on any atom is -0.340 e. The molecule has 0 aliphatic heterocycles. The molecule has 1 heterocycles. The highest BCUT2D eigenvalue weighted by molar-refractivity contribution is 6.30. The van der Waals surface area contributed by atoms with Gasteiger partial charge in [0.25, 0.3) is 5.91 Å². The molecule has 2 aromatic carbocycles. The molecule has 4 nitrogen and oxygen atoms in total. The summed E-state index contributed by atoms with van der Waals surface area (Å²) in [6, 6.07) is 16.7. The largest absolute Gasteiger partial charge is 0.340 e. The molecule has 0 fully saturated rings. The number of nitrogens with one attached hydrogen (secondary N) is 2. The van der Waals surface area contributed by atoms with Crippen LogP contribution in [0.15, 0.2) is 60.8 Å². The Kier molecular flexibility index (Phi) is 5.00. The summed E-state index contributed by atoms with van der Waals surface area (Å²) in [5, 5.41) is 6.75. The van der Waals surface area contributed by atoms with Gasteiger partial charge in [0.05, 0.1) is 5.56 Å². The number of nitrogens with zero attached hydrogens (tertiary/aromatic N) is 1. The summed E-state index contributed by atoms with van der Waals surface area (Å²) in [5.41, 5.74) is 4.09. The number of benzene rings is 2. The summed E-state index contributed by atoms with van der Waals surface area (Å²) < 4.78 is 0. The van der Waals surface area contributed by atoms with Crippen LogP contribution in [-0.2, 0) is 0 Å². The summed E-state index contributed by atoms with van der Waals surface area (Å²) in [6.07, 6.45) is 1.64. The van der Waals surface area contributed by atoms with E-state index in [1.54, 1.807) is 30.5 Å². The SMILES string of the molecule is Cc1cccc(C)c1NC(=O)c1cccnc1Nc1cccc(Cl)c1. The van der Waals surface area contributed by atoms with Gasteiger partial charge in [0.15, 0.2) is 0 Å². The first-order valence-corrected chi connectivity index (χ1v) is 8.27. The minimum absolute atomic E-state index is 0.213. The normalized spacial score (nSPS) is 10.4. The Bertz CT molecular complexity index is 904. The van der Waals surface area contributed by atoms with Gasteiger partial charge in [-0.15, -0.1) is 0 Å². The van der Waals surface area contributed by atoms with E-state index >= 15 is 0 Å².